The van der Waals surface area contributed by atoms with E-state index >= 15 is 0 Å². The van der Waals surface area contributed by atoms with Gasteiger partial charge in [0.05, 0.1) is 18.3 Å². The molecule has 0 spiro atoms. The van der Waals surface area contributed by atoms with Crippen LogP contribution in [0, 0.1) is 0 Å². The first-order valence-electron chi connectivity index (χ1n) is 6.74. The first-order chi connectivity index (χ1) is 10.3. The number of para-hydroxylation sites is 1. The molecule has 2 N–H and O–H groups in total. The second-order valence-electron chi connectivity index (χ2n) is 4.74. The molecule has 0 aliphatic heterocycles. The van der Waals surface area contributed by atoms with Gasteiger partial charge >= 0.3 is 0 Å². The maximum Gasteiger partial charge on any atom is 0.189 e. The van der Waals surface area contributed by atoms with Crippen LogP contribution in [-0.2, 0) is 13.0 Å². The predicted octanol–water partition coefficient (Wildman–Crippen LogP) is 1.21. The Hall–Kier alpha value is -2.60. The van der Waals surface area contributed by atoms with Crippen LogP contribution in [-0.4, -0.2) is 32.3 Å². The fraction of sp³-hybridized carbons (Fsp3) is 0.200. The van der Waals surface area contributed by atoms with Crippen molar-refractivity contribution >= 4 is 16.7 Å². The van der Waals surface area contributed by atoms with Crippen molar-refractivity contribution in [1.29, 1.82) is 0 Å². The van der Waals surface area contributed by atoms with E-state index in [1.54, 1.807) is 17.1 Å². The number of hydrogen-bond acceptors (Lipinski definition) is 5. The molecular weight excluding hydrogens is 266 g/mol. The molecule has 0 saturated heterocycles. The van der Waals surface area contributed by atoms with E-state index in [1.165, 1.54) is 0 Å². The lowest BCUT2D eigenvalue weighted by atomic mass is 10.0. The molecule has 0 fully saturated rings. The number of fused-ring (bicyclic) bond motifs is 1. The first kappa shape index (κ1) is 13.4. The zero-order chi connectivity index (χ0) is 14.7. The number of pyridine rings is 1. The van der Waals surface area contributed by atoms with Gasteiger partial charge in [0.25, 0.3) is 0 Å². The maximum atomic E-state index is 12.3. The van der Waals surface area contributed by atoms with Crippen LogP contribution >= 0.6 is 0 Å². The molecule has 106 valence electrons. The number of nitrogens with zero attached hydrogens (tertiary/aromatic N) is 4. The van der Waals surface area contributed by atoms with E-state index in [9.17, 15) is 4.79 Å². The lowest BCUT2D eigenvalue weighted by Gasteiger charge is -2.03. The van der Waals surface area contributed by atoms with Gasteiger partial charge in [0.15, 0.2) is 5.78 Å². The Morgan fingerprint density at radius 2 is 2.10 bits per heavy atom. The molecule has 0 amide bonds. The van der Waals surface area contributed by atoms with Gasteiger partial charge in [0, 0.05) is 24.5 Å². The Bertz CT molecular complexity index is 775. The normalized spacial score (nSPS) is 10.9. The third kappa shape index (κ3) is 2.80. The minimum Gasteiger partial charge on any atom is -0.329 e. The van der Waals surface area contributed by atoms with Gasteiger partial charge in [-0.3, -0.25) is 14.5 Å². The van der Waals surface area contributed by atoms with Crippen molar-refractivity contribution in [2.45, 2.75) is 13.0 Å². The molecule has 3 rings (SSSR count). The van der Waals surface area contributed by atoms with Crippen molar-refractivity contribution in [3.8, 4) is 0 Å². The quantitative estimate of drug-likeness (QED) is 0.710. The van der Waals surface area contributed by atoms with E-state index in [4.69, 9.17) is 5.73 Å². The van der Waals surface area contributed by atoms with Gasteiger partial charge in [0.1, 0.15) is 5.69 Å². The van der Waals surface area contributed by atoms with Crippen molar-refractivity contribution in [1.82, 2.24) is 20.0 Å². The molecule has 3 aromatic rings. The highest BCUT2D eigenvalue weighted by Gasteiger charge is 2.13. The summed E-state index contributed by atoms with van der Waals surface area (Å²) in [5.41, 5.74) is 7.64. The molecule has 0 bridgehead atoms. The van der Waals surface area contributed by atoms with Gasteiger partial charge in [-0.25, -0.2) is 0 Å². The van der Waals surface area contributed by atoms with E-state index in [1.807, 2.05) is 30.3 Å². The van der Waals surface area contributed by atoms with E-state index < -0.39 is 0 Å². The number of carbonyl (C=O) groups excluding carboxylic acids is 1. The highest BCUT2D eigenvalue weighted by Crippen LogP contribution is 2.17. The van der Waals surface area contributed by atoms with E-state index in [0.717, 1.165) is 16.5 Å². The summed E-state index contributed by atoms with van der Waals surface area (Å²) in [6.45, 7) is 1.02. The van der Waals surface area contributed by atoms with Crippen LogP contribution in [0.15, 0.2) is 42.7 Å². The van der Waals surface area contributed by atoms with Crippen LogP contribution in [0.4, 0.5) is 0 Å². The number of rotatable bonds is 5. The molecule has 2 heterocycles. The highest BCUT2D eigenvalue weighted by molar-refractivity contribution is 5.98. The van der Waals surface area contributed by atoms with Crippen LogP contribution in [0.25, 0.3) is 10.9 Å². The summed E-state index contributed by atoms with van der Waals surface area (Å²) >= 11 is 0. The van der Waals surface area contributed by atoms with Gasteiger partial charge in [-0.05, 0) is 17.7 Å². The molecule has 0 aliphatic rings. The molecule has 0 saturated carbocycles. The highest BCUT2D eigenvalue weighted by atomic mass is 16.1. The van der Waals surface area contributed by atoms with Crippen LogP contribution in [0.1, 0.15) is 16.1 Å². The van der Waals surface area contributed by atoms with Crippen molar-refractivity contribution < 1.29 is 4.79 Å². The molecular formula is C15H15N5O. The van der Waals surface area contributed by atoms with Gasteiger partial charge in [0.2, 0.25) is 0 Å². The average Bonchev–Trinajstić information content (AvgIpc) is 2.97. The number of hydrogen-bond donors (Lipinski definition) is 1. The summed E-state index contributed by atoms with van der Waals surface area (Å²) in [4.78, 5) is 16.6. The van der Waals surface area contributed by atoms with E-state index in [-0.39, 0.29) is 12.2 Å². The fourth-order valence-corrected chi connectivity index (χ4v) is 2.24. The first-order valence-corrected chi connectivity index (χ1v) is 6.74. The monoisotopic (exact) mass is 281 g/mol. The zero-order valence-electron chi connectivity index (χ0n) is 11.4. The van der Waals surface area contributed by atoms with Crippen molar-refractivity contribution in [3.63, 3.8) is 0 Å². The van der Waals surface area contributed by atoms with Crippen molar-refractivity contribution in [3.05, 3.63) is 54.0 Å². The Labute approximate surface area is 121 Å². The Morgan fingerprint density at radius 1 is 1.24 bits per heavy atom. The Balaban J connectivity index is 1.85. The van der Waals surface area contributed by atoms with Gasteiger partial charge < -0.3 is 5.73 Å². The van der Waals surface area contributed by atoms with E-state index in [0.29, 0.717) is 18.8 Å². The molecule has 6 nitrogen and oxygen atoms in total. The Morgan fingerprint density at radius 3 is 2.95 bits per heavy atom. The lowest BCUT2D eigenvalue weighted by Crippen LogP contribution is -2.10. The number of benzene rings is 1. The molecule has 0 aliphatic carbocycles. The number of carbonyl (C=O) groups is 1. The third-order valence-corrected chi connectivity index (χ3v) is 3.27. The molecule has 0 unspecified atom stereocenters. The molecule has 6 heteroatoms. The van der Waals surface area contributed by atoms with Gasteiger partial charge in [-0.15, -0.1) is 5.10 Å². The number of nitrogens with two attached hydrogens (primary N) is 1. The summed E-state index contributed by atoms with van der Waals surface area (Å²) in [6.07, 6.45) is 3.64. The van der Waals surface area contributed by atoms with Crippen LogP contribution < -0.4 is 5.73 Å². The summed E-state index contributed by atoms with van der Waals surface area (Å²) in [6, 6.07) is 9.64. The topological polar surface area (TPSA) is 86.7 Å². The molecule has 2 aromatic heterocycles. The largest absolute Gasteiger partial charge is 0.329 e. The zero-order valence-corrected chi connectivity index (χ0v) is 11.4. The third-order valence-electron chi connectivity index (χ3n) is 3.27. The molecule has 0 atom stereocenters. The standard InChI is InChI=1S/C15H15N5O/c16-6-8-20-10-14(18-19-20)15(21)9-11-5-7-17-13-4-2-1-3-12(11)13/h1-5,7,10H,6,8-9,16H2. The smallest absolute Gasteiger partial charge is 0.189 e. The summed E-state index contributed by atoms with van der Waals surface area (Å²) in [7, 11) is 0. The second kappa shape index (κ2) is 5.80. The van der Waals surface area contributed by atoms with Crippen LogP contribution in [0.5, 0.6) is 0 Å². The molecule has 21 heavy (non-hydrogen) atoms. The number of Topliss-reactive ketones (excluding diaryl/α,β-unsaturated/α-hetero) is 1. The minimum absolute atomic E-state index is 0.0605. The number of aromatic nitrogens is 4. The average molecular weight is 281 g/mol. The predicted molar refractivity (Wildman–Crippen MR) is 78.9 cm³/mol. The SMILES string of the molecule is NCCn1cc(C(=O)Cc2ccnc3ccccc23)nn1. The Kier molecular flexibility index (Phi) is 3.70. The molecule has 0 radical (unpaired) electrons. The summed E-state index contributed by atoms with van der Waals surface area (Å²) in [5, 5.41) is 8.78. The number of ketones is 1. The van der Waals surface area contributed by atoms with Crippen molar-refractivity contribution in [2.75, 3.05) is 6.54 Å². The minimum atomic E-state index is -0.0605. The summed E-state index contributed by atoms with van der Waals surface area (Å²) in [5.74, 6) is -0.0605. The van der Waals surface area contributed by atoms with Crippen LogP contribution in [0.2, 0.25) is 0 Å². The second-order valence-corrected chi connectivity index (χ2v) is 4.74. The van der Waals surface area contributed by atoms with Crippen LogP contribution in [0.3, 0.4) is 0 Å². The lowest BCUT2D eigenvalue weighted by molar-refractivity contribution is 0.0988. The van der Waals surface area contributed by atoms with Gasteiger partial charge in [-0.2, -0.15) is 0 Å². The van der Waals surface area contributed by atoms with E-state index in [2.05, 4.69) is 15.3 Å². The maximum absolute atomic E-state index is 12.3. The van der Waals surface area contributed by atoms with Gasteiger partial charge in [-0.1, -0.05) is 23.4 Å². The fourth-order valence-electron chi connectivity index (χ4n) is 2.24. The summed E-state index contributed by atoms with van der Waals surface area (Å²) < 4.78 is 1.58. The molecule has 1 aromatic carbocycles. The van der Waals surface area contributed by atoms with Crippen molar-refractivity contribution in [2.24, 2.45) is 5.73 Å².